The molecule has 1 aromatic carbocycles. The first-order chi connectivity index (χ1) is 8.90. The summed E-state index contributed by atoms with van der Waals surface area (Å²) in [4.78, 5) is 4.37. The summed E-state index contributed by atoms with van der Waals surface area (Å²) in [5, 5.41) is 1.12. The van der Waals surface area contributed by atoms with E-state index in [9.17, 15) is 0 Å². The standard InChI is InChI=1S/C15H20N2O/c16-9-5-1-2-6-10-18-14-11-13-7-3-4-8-15(13)17-12-14/h3-4,7-8,11-12H,1-2,5-6,9-10,16H2. The largest absolute Gasteiger partial charge is 0.492 e. The van der Waals surface area contributed by atoms with Crippen molar-refractivity contribution in [2.45, 2.75) is 25.7 Å². The average Bonchev–Trinajstić information content (AvgIpc) is 2.42. The van der Waals surface area contributed by atoms with E-state index < -0.39 is 0 Å². The second kappa shape index (κ2) is 6.97. The summed E-state index contributed by atoms with van der Waals surface area (Å²) in [6.07, 6.45) is 6.35. The second-order valence-electron chi connectivity index (χ2n) is 4.42. The minimum Gasteiger partial charge on any atom is -0.492 e. The maximum absolute atomic E-state index is 5.70. The third kappa shape index (κ3) is 3.70. The predicted molar refractivity (Wildman–Crippen MR) is 74.8 cm³/mol. The Bertz CT molecular complexity index is 485. The Morgan fingerprint density at radius 3 is 2.78 bits per heavy atom. The van der Waals surface area contributed by atoms with E-state index in [1.807, 2.05) is 24.3 Å². The number of ether oxygens (including phenoxy) is 1. The lowest BCUT2D eigenvalue weighted by Gasteiger charge is -2.06. The SMILES string of the molecule is NCCCCCCOc1cnc2ccccc2c1. The van der Waals surface area contributed by atoms with Crippen LogP contribution < -0.4 is 10.5 Å². The highest BCUT2D eigenvalue weighted by atomic mass is 16.5. The van der Waals surface area contributed by atoms with E-state index in [0.717, 1.165) is 42.6 Å². The fourth-order valence-corrected chi connectivity index (χ4v) is 1.92. The number of hydrogen-bond donors (Lipinski definition) is 1. The molecule has 0 spiro atoms. The van der Waals surface area contributed by atoms with Crippen LogP contribution >= 0.6 is 0 Å². The van der Waals surface area contributed by atoms with Crippen molar-refractivity contribution in [1.82, 2.24) is 4.98 Å². The van der Waals surface area contributed by atoms with Gasteiger partial charge in [0.05, 0.1) is 18.3 Å². The van der Waals surface area contributed by atoms with Crippen LogP contribution in [0.3, 0.4) is 0 Å². The first-order valence-electron chi connectivity index (χ1n) is 6.58. The molecule has 2 N–H and O–H groups in total. The minimum atomic E-state index is 0.755. The highest BCUT2D eigenvalue weighted by Crippen LogP contribution is 2.18. The van der Waals surface area contributed by atoms with Crippen molar-refractivity contribution < 1.29 is 4.74 Å². The van der Waals surface area contributed by atoms with Gasteiger partial charge in [0.25, 0.3) is 0 Å². The van der Waals surface area contributed by atoms with Gasteiger partial charge in [0.1, 0.15) is 5.75 Å². The number of hydrogen-bond acceptors (Lipinski definition) is 3. The summed E-state index contributed by atoms with van der Waals surface area (Å²) in [6.45, 7) is 1.54. The summed E-state index contributed by atoms with van der Waals surface area (Å²) in [6, 6.07) is 10.1. The molecule has 2 aromatic rings. The Balaban J connectivity index is 1.81. The van der Waals surface area contributed by atoms with Gasteiger partial charge < -0.3 is 10.5 Å². The van der Waals surface area contributed by atoms with Crippen LogP contribution in [0.5, 0.6) is 5.75 Å². The number of nitrogens with two attached hydrogens (primary N) is 1. The number of benzene rings is 1. The second-order valence-corrected chi connectivity index (χ2v) is 4.42. The molecule has 0 fully saturated rings. The molecule has 1 heterocycles. The Kier molecular flexibility index (Phi) is 4.97. The van der Waals surface area contributed by atoms with Crippen molar-refractivity contribution in [3.63, 3.8) is 0 Å². The lowest BCUT2D eigenvalue weighted by atomic mass is 10.2. The van der Waals surface area contributed by atoms with Crippen LogP contribution in [-0.4, -0.2) is 18.1 Å². The van der Waals surface area contributed by atoms with Crippen molar-refractivity contribution in [3.8, 4) is 5.75 Å². The third-order valence-corrected chi connectivity index (χ3v) is 2.93. The number of nitrogens with zero attached hydrogens (tertiary/aromatic N) is 1. The van der Waals surface area contributed by atoms with Crippen LogP contribution in [0.25, 0.3) is 10.9 Å². The number of rotatable bonds is 7. The van der Waals surface area contributed by atoms with E-state index >= 15 is 0 Å². The molecule has 0 aliphatic heterocycles. The van der Waals surface area contributed by atoms with Gasteiger partial charge in [-0.2, -0.15) is 0 Å². The summed E-state index contributed by atoms with van der Waals surface area (Å²) < 4.78 is 5.70. The van der Waals surface area contributed by atoms with E-state index in [2.05, 4.69) is 11.1 Å². The zero-order valence-electron chi connectivity index (χ0n) is 10.6. The van der Waals surface area contributed by atoms with Crippen molar-refractivity contribution in [3.05, 3.63) is 36.5 Å². The molecule has 0 bridgehead atoms. The smallest absolute Gasteiger partial charge is 0.138 e. The molecule has 3 heteroatoms. The van der Waals surface area contributed by atoms with Crippen molar-refractivity contribution in [2.24, 2.45) is 5.73 Å². The molecular formula is C15H20N2O. The number of aromatic nitrogens is 1. The Labute approximate surface area is 108 Å². The molecule has 0 unspecified atom stereocenters. The maximum Gasteiger partial charge on any atom is 0.138 e. The molecule has 0 aliphatic carbocycles. The molecule has 0 aliphatic rings. The topological polar surface area (TPSA) is 48.1 Å². The van der Waals surface area contributed by atoms with Crippen LogP contribution in [0.1, 0.15) is 25.7 Å². The van der Waals surface area contributed by atoms with Crippen molar-refractivity contribution >= 4 is 10.9 Å². The molecule has 2 rings (SSSR count). The van der Waals surface area contributed by atoms with Gasteiger partial charge in [-0.15, -0.1) is 0 Å². The Morgan fingerprint density at radius 2 is 1.89 bits per heavy atom. The Hall–Kier alpha value is -1.61. The van der Waals surface area contributed by atoms with E-state index in [1.165, 1.54) is 12.8 Å². The monoisotopic (exact) mass is 244 g/mol. The van der Waals surface area contributed by atoms with Crippen molar-refractivity contribution in [1.29, 1.82) is 0 Å². The molecule has 0 amide bonds. The quantitative estimate of drug-likeness (QED) is 0.761. The van der Waals surface area contributed by atoms with Gasteiger partial charge in [-0.25, -0.2) is 0 Å². The van der Waals surface area contributed by atoms with Crippen molar-refractivity contribution in [2.75, 3.05) is 13.2 Å². The van der Waals surface area contributed by atoms with Gasteiger partial charge in [0.15, 0.2) is 0 Å². The summed E-state index contributed by atoms with van der Waals surface area (Å²) in [5.74, 6) is 0.854. The summed E-state index contributed by atoms with van der Waals surface area (Å²) in [5.41, 5.74) is 6.45. The van der Waals surface area contributed by atoms with E-state index in [1.54, 1.807) is 6.20 Å². The van der Waals surface area contributed by atoms with E-state index in [-0.39, 0.29) is 0 Å². The average molecular weight is 244 g/mol. The van der Waals surface area contributed by atoms with E-state index in [4.69, 9.17) is 10.5 Å². The van der Waals surface area contributed by atoms with Gasteiger partial charge in [-0.1, -0.05) is 31.0 Å². The molecule has 0 atom stereocenters. The fourth-order valence-electron chi connectivity index (χ4n) is 1.92. The van der Waals surface area contributed by atoms with Crippen LogP contribution in [0.2, 0.25) is 0 Å². The lowest BCUT2D eigenvalue weighted by molar-refractivity contribution is 0.304. The van der Waals surface area contributed by atoms with Gasteiger partial charge in [0.2, 0.25) is 0 Å². The number of pyridine rings is 1. The number of para-hydroxylation sites is 1. The van der Waals surface area contributed by atoms with Crippen LogP contribution in [-0.2, 0) is 0 Å². The molecule has 96 valence electrons. The first kappa shape index (κ1) is 12.8. The highest BCUT2D eigenvalue weighted by molar-refractivity contribution is 5.79. The molecule has 3 nitrogen and oxygen atoms in total. The zero-order chi connectivity index (χ0) is 12.6. The van der Waals surface area contributed by atoms with Gasteiger partial charge in [-0.05, 0) is 31.5 Å². The van der Waals surface area contributed by atoms with Crippen LogP contribution in [0.4, 0.5) is 0 Å². The molecule has 1 aromatic heterocycles. The van der Waals surface area contributed by atoms with E-state index in [0.29, 0.717) is 0 Å². The molecule has 18 heavy (non-hydrogen) atoms. The predicted octanol–water partition coefficient (Wildman–Crippen LogP) is 3.13. The fraction of sp³-hybridized carbons (Fsp3) is 0.400. The zero-order valence-corrected chi connectivity index (χ0v) is 10.6. The third-order valence-electron chi connectivity index (χ3n) is 2.93. The molecule has 0 radical (unpaired) electrons. The molecular weight excluding hydrogens is 224 g/mol. The minimum absolute atomic E-state index is 0.755. The highest BCUT2D eigenvalue weighted by Gasteiger charge is 1.98. The van der Waals surface area contributed by atoms with Crippen LogP contribution in [0, 0.1) is 0 Å². The maximum atomic E-state index is 5.70. The van der Waals surface area contributed by atoms with Gasteiger partial charge in [-0.3, -0.25) is 4.98 Å². The molecule has 0 saturated heterocycles. The summed E-state index contributed by atoms with van der Waals surface area (Å²) >= 11 is 0. The lowest BCUT2D eigenvalue weighted by Crippen LogP contribution is -2.00. The van der Waals surface area contributed by atoms with Gasteiger partial charge >= 0.3 is 0 Å². The van der Waals surface area contributed by atoms with Crippen LogP contribution in [0.15, 0.2) is 36.5 Å². The number of unbranched alkanes of at least 4 members (excludes halogenated alkanes) is 3. The van der Waals surface area contributed by atoms with Gasteiger partial charge in [0, 0.05) is 5.39 Å². The first-order valence-corrected chi connectivity index (χ1v) is 6.58. The molecule has 0 saturated carbocycles. The summed E-state index contributed by atoms with van der Waals surface area (Å²) in [7, 11) is 0. The number of fused-ring (bicyclic) bond motifs is 1. The normalized spacial score (nSPS) is 10.7. The Morgan fingerprint density at radius 1 is 1.06 bits per heavy atom.